The van der Waals surface area contributed by atoms with Crippen LogP contribution in [-0.4, -0.2) is 16.2 Å². The summed E-state index contributed by atoms with van der Waals surface area (Å²) >= 11 is 6.41. The van der Waals surface area contributed by atoms with Crippen molar-refractivity contribution in [3.63, 3.8) is 0 Å². The molecule has 1 N–H and O–H groups in total. The lowest BCUT2D eigenvalue weighted by Gasteiger charge is -2.00. The molecule has 0 aliphatic heterocycles. The zero-order valence-electron chi connectivity index (χ0n) is 9.83. The molecule has 0 saturated heterocycles. The highest BCUT2D eigenvalue weighted by atomic mass is 32.1. The van der Waals surface area contributed by atoms with Crippen molar-refractivity contribution >= 4 is 35.2 Å². The van der Waals surface area contributed by atoms with Gasteiger partial charge in [-0.05, 0) is 32.5 Å². The number of amides is 1. The van der Waals surface area contributed by atoms with Gasteiger partial charge in [0.1, 0.15) is 4.88 Å². The first kappa shape index (κ1) is 13.1. The second-order valence-corrected chi connectivity index (χ2v) is 5.13. The SMILES string of the molecule is CCC(C)=NNC(=O)c1sc(=S)n(C)c1C. The lowest BCUT2D eigenvalue weighted by molar-refractivity contribution is 0.0957. The van der Waals surface area contributed by atoms with Crippen LogP contribution in [0.15, 0.2) is 5.10 Å². The summed E-state index contributed by atoms with van der Waals surface area (Å²) in [6.07, 6.45) is 0.823. The van der Waals surface area contributed by atoms with E-state index in [1.54, 1.807) is 0 Å². The minimum absolute atomic E-state index is 0.193. The summed E-state index contributed by atoms with van der Waals surface area (Å²) in [5.41, 5.74) is 4.30. The van der Waals surface area contributed by atoms with Crippen LogP contribution in [-0.2, 0) is 7.05 Å². The molecule has 1 amide bonds. The van der Waals surface area contributed by atoms with Crippen LogP contribution in [0.4, 0.5) is 0 Å². The van der Waals surface area contributed by atoms with Crippen molar-refractivity contribution in [2.45, 2.75) is 27.2 Å². The summed E-state index contributed by atoms with van der Waals surface area (Å²) in [7, 11) is 1.85. The normalized spacial score (nSPS) is 11.6. The zero-order chi connectivity index (χ0) is 12.3. The molecule has 0 radical (unpaired) electrons. The van der Waals surface area contributed by atoms with Crippen molar-refractivity contribution in [1.82, 2.24) is 9.99 Å². The van der Waals surface area contributed by atoms with Gasteiger partial charge < -0.3 is 4.57 Å². The smallest absolute Gasteiger partial charge is 0.283 e. The van der Waals surface area contributed by atoms with Gasteiger partial charge in [0.15, 0.2) is 3.95 Å². The van der Waals surface area contributed by atoms with Crippen LogP contribution < -0.4 is 5.43 Å². The lowest BCUT2D eigenvalue weighted by Crippen LogP contribution is -2.19. The molecule has 16 heavy (non-hydrogen) atoms. The molecule has 0 fully saturated rings. The third kappa shape index (κ3) is 2.76. The monoisotopic (exact) mass is 257 g/mol. The van der Waals surface area contributed by atoms with Crippen molar-refractivity contribution in [3.05, 3.63) is 14.5 Å². The van der Waals surface area contributed by atoms with E-state index in [1.165, 1.54) is 11.3 Å². The van der Waals surface area contributed by atoms with Crippen molar-refractivity contribution < 1.29 is 4.79 Å². The summed E-state index contributed by atoms with van der Waals surface area (Å²) in [4.78, 5) is 12.4. The molecule has 0 aliphatic rings. The minimum atomic E-state index is -0.193. The van der Waals surface area contributed by atoms with Gasteiger partial charge in [0.05, 0.1) is 0 Å². The Labute approximate surface area is 104 Å². The highest BCUT2D eigenvalue weighted by Crippen LogP contribution is 2.17. The molecular weight excluding hydrogens is 242 g/mol. The van der Waals surface area contributed by atoms with E-state index in [9.17, 15) is 4.79 Å². The number of thiazole rings is 1. The van der Waals surface area contributed by atoms with Gasteiger partial charge >= 0.3 is 0 Å². The molecule has 0 saturated carbocycles. The summed E-state index contributed by atoms with van der Waals surface area (Å²) in [6.45, 7) is 5.74. The number of aromatic nitrogens is 1. The molecule has 88 valence electrons. The molecule has 0 aliphatic carbocycles. The molecule has 6 heteroatoms. The number of hydrogen-bond donors (Lipinski definition) is 1. The van der Waals surface area contributed by atoms with Crippen LogP contribution in [0.2, 0.25) is 0 Å². The maximum absolute atomic E-state index is 11.8. The number of nitrogens with one attached hydrogen (secondary N) is 1. The number of hydrogen-bond acceptors (Lipinski definition) is 4. The van der Waals surface area contributed by atoms with Crippen LogP contribution in [0, 0.1) is 10.9 Å². The van der Waals surface area contributed by atoms with Gasteiger partial charge in [-0.3, -0.25) is 4.79 Å². The average Bonchev–Trinajstić information content (AvgIpc) is 2.53. The highest BCUT2D eigenvalue weighted by molar-refractivity contribution is 7.73. The number of carbonyl (C=O) groups excluding carboxylic acids is 1. The van der Waals surface area contributed by atoms with Gasteiger partial charge in [0, 0.05) is 18.5 Å². The average molecular weight is 257 g/mol. The second kappa shape index (κ2) is 5.36. The standard InChI is InChI=1S/C10H15N3OS2/c1-5-6(2)11-12-9(14)8-7(3)13(4)10(15)16-8/h5H2,1-4H3,(H,12,14). The van der Waals surface area contributed by atoms with E-state index in [-0.39, 0.29) is 5.91 Å². The Kier molecular flexibility index (Phi) is 4.37. The molecule has 1 aromatic heterocycles. The van der Waals surface area contributed by atoms with E-state index in [0.717, 1.165) is 17.8 Å². The van der Waals surface area contributed by atoms with Crippen LogP contribution in [0.1, 0.15) is 35.6 Å². The topological polar surface area (TPSA) is 46.4 Å². The molecule has 1 heterocycles. The van der Waals surface area contributed by atoms with Crippen molar-refractivity contribution in [3.8, 4) is 0 Å². The van der Waals surface area contributed by atoms with Crippen molar-refractivity contribution in [2.24, 2.45) is 12.1 Å². The fraction of sp³-hybridized carbons (Fsp3) is 0.500. The second-order valence-electron chi connectivity index (χ2n) is 3.48. The number of hydrazone groups is 1. The fourth-order valence-corrected chi connectivity index (χ4v) is 2.26. The first-order valence-corrected chi connectivity index (χ1v) is 6.19. The molecule has 0 aromatic carbocycles. The Bertz CT molecular complexity index is 485. The van der Waals surface area contributed by atoms with Crippen LogP contribution in [0.25, 0.3) is 0 Å². The molecule has 4 nitrogen and oxygen atoms in total. The fourth-order valence-electron chi connectivity index (χ4n) is 1.01. The number of rotatable bonds is 3. The minimum Gasteiger partial charge on any atom is -0.330 e. The molecule has 0 bridgehead atoms. The van der Waals surface area contributed by atoms with E-state index in [1.807, 2.05) is 32.4 Å². The van der Waals surface area contributed by atoms with Gasteiger partial charge in [-0.15, -0.1) is 0 Å². The van der Waals surface area contributed by atoms with Crippen LogP contribution in [0.3, 0.4) is 0 Å². The first-order chi connectivity index (χ1) is 7.47. The maximum atomic E-state index is 11.8. The lowest BCUT2D eigenvalue weighted by atomic mass is 10.3. The van der Waals surface area contributed by atoms with E-state index in [0.29, 0.717) is 8.83 Å². The van der Waals surface area contributed by atoms with Gasteiger partial charge in [-0.2, -0.15) is 5.10 Å². The van der Waals surface area contributed by atoms with E-state index in [2.05, 4.69) is 10.5 Å². The van der Waals surface area contributed by atoms with E-state index >= 15 is 0 Å². The van der Waals surface area contributed by atoms with Crippen LogP contribution in [0.5, 0.6) is 0 Å². The Morgan fingerprint density at radius 2 is 2.25 bits per heavy atom. The number of carbonyl (C=O) groups is 1. The Hall–Kier alpha value is -1.01. The van der Waals surface area contributed by atoms with Gasteiger partial charge in [-0.25, -0.2) is 5.43 Å². The Balaban J connectivity index is 2.90. The quantitative estimate of drug-likeness (QED) is 0.514. The Morgan fingerprint density at radius 1 is 1.62 bits per heavy atom. The van der Waals surface area contributed by atoms with Crippen LogP contribution >= 0.6 is 23.6 Å². The van der Waals surface area contributed by atoms with E-state index < -0.39 is 0 Å². The predicted molar refractivity (Wildman–Crippen MR) is 69.7 cm³/mol. The molecule has 0 atom stereocenters. The van der Waals surface area contributed by atoms with E-state index in [4.69, 9.17) is 12.2 Å². The molecule has 1 rings (SSSR count). The largest absolute Gasteiger partial charge is 0.330 e. The predicted octanol–water partition coefficient (Wildman–Crippen LogP) is 2.64. The summed E-state index contributed by atoms with van der Waals surface area (Å²) in [5.74, 6) is -0.193. The molecule has 0 unspecified atom stereocenters. The highest BCUT2D eigenvalue weighted by Gasteiger charge is 2.13. The molecule has 0 spiro atoms. The van der Waals surface area contributed by atoms with Gasteiger partial charge in [-0.1, -0.05) is 18.3 Å². The van der Waals surface area contributed by atoms with Crippen molar-refractivity contribution in [2.75, 3.05) is 0 Å². The molecular formula is C10H15N3OS2. The van der Waals surface area contributed by atoms with Gasteiger partial charge in [0.2, 0.25) is 0 Å². The number of nitrogens with zero attached hydrogens (tertiary/aromatic N) is 2. The third-order valence-corrected chi connectivity index (χ3v) is 4.02. The van der Waals surface area contributed by atoms with Gasteiger partial charge in [0.25, 0.3) is 5.91 Å². The molecule has 1 aromatic rings. The van der Waals surface area contributed by atoms with Crippen molar-refractivity contribution in [1.29, 1.82) is 0 Å². The summed E-state index contributed by atoms with van der Waals surface area (Å²) in [6, 6.07) is 0. The zero-order valence-corrected chi connectivity index (χ0v) is 11.5. The summed E-state index contributed by atoms with van der Waals surface area (Å²) < 4.78 is 2.52. The maximum Gasteiger partial charge on any atom is 0.283 e. The summed E-state index contributed by atoms with van der Waals surface area (Å²) in [5, 5.41) is 3.98. The first-order valence-electron chi connectivity index (χ1n) is 4.97. The third-order valence-electron chi connectivity index (χ3n) is 2.36. The Morgan fingerprint density at radius 3 is 2.69 bits per heavy atom.